The van der Waals surface area contributed by atoms with Crippen molar-refractivity contribution in [3.63, 3.8) is 0 Å². The van der Waals surface area contributed by atoms with E-state index in [1.165, 1.54) is 0 Å². The van der Waals surface area contributed by atoms with Crippen LogP contribution in [-0.4, -0.2) is 29.0 Å². The molecular formula is C32H29NO5. The molecule has 4 rings (SSSR count). The minimum atomic E-state index is -1.43. The number of amides is 1. The van der Waals surface area contributed by atoms with Gasteiger partial charge in [0, 0.05) is 6.42 Å². The molecule has 0 aromatic heterocycles. The van der Waals surface area contributed by atoms with E-state index in [0.717, 1.165) is 22.3 Å². The molecule has 4 aromatic rings. The average Bonchev–Trinajstić information content (AvgIpc) is 2.96. The molecule has 0 aliphatic rings. The fourth-order valence-corrected chi connectivity index (χ4v) is 4.62. The van der Waals surface area contributed by atoms with Crippen LogP contribution in [0, 0.1) is 0 Å². The van der Waals surface area contributed by atoms with E-state index in [1.807, 2.05) is 109 Å². The van der Waals surface area contributed by atoms with Gasteiger partial charge in [-0.1, -0.05) is 121 Å². The minimum absolute atomic E-state index is 0.0269. The maximum Gasteiger partial charge on any atom is 0.326 e. The zero-order chi connectivity index (χ0) is 26.8. The number of hydrogen-bond acceptors (Lipinski definition) is 4. The number of aliphatic carboxylic acids is 1. The number of benzene rings is 4. The van der Waals surface area contributed by atoms with Gasteiger partial charge in [-0.3, -0.25) is 9.59 Å². The van der Waals surface area contributed by atoms with Crippen molar-refractivity contribution < 1.29 is 24.2 Å². The fraction of sp³-hybridized carbons (Fsp3) is 0.156. The second-order valence-electron chi connectivity index (χ2n) is 8.99. The molecule has 1 amide bonds. The lowest BCUT2D eigenvalue weighted by atomic mass is 9.67. The van der Waals surface area contributed by atoms with E-state index in [0.29, 0.717) is 0 Å². The van der Waals surface area contributed by atoms with Crippen LogP contribution in [0.3, 0.4) is 0 Å². The van der Waals surface area contributed by atoms with Crippen LogP contribution in [0.4, 0.5) is 0 Å². The molecule has 0 heterocycles. The first kappa shape index (κ1) is 26.4. The van der Waals surface area contributed by atoms with Crippen molar-refractivity contribution >= 4 is 17.8 Å². The first-order valence-corrected chi connectivity index (χ1v) is 12.4. The summed E-state index contributed by atoms with van der Waals surface area (Å²) in [5, 5.41) is 12.4. The highest BCUT2D eigenvalue weighted by Crippen LogP contribution is 2.42. The Kier molecular flexibility index (Phi) is 8.67. The highest BCUT2D eigenvalue weighted by Gasteiger charge is 2.39. The van der Waals surface area contributed by atoms with E-state index in [9.17, 15) is 19.5 Å². The second kappa shape index (κ2) is 12.5. The highest BCUT2D eigenvalue weighted by atomic mass is 16.5. The lowest BCUT2D eigenvalue weighted by Crippen LogP contribution is -2.45. The van der Waals surface area contributed by atoms with Gasteiger partial charge in [-0.15, -0.1) is 0 Å². The SMILES string of the molecule is O=C(CC(c1ccccc1)(c1ccccc1)c1ccccc1)N[C@H](CC(=O)OCc1ccccc1)C(=O)O. The predicted molar refractivity (Wildman–Crippen MR) is 144 cm³/mol. The number of carboxylic acid groups (broad SMARTS) is 1. The van der Waals surface area contributed by atoms with Crippen molar-refractivity contribution in [1.29, 1.82) is 0 Å². The Bertz CT molecular complexity index is 1250. The van der Waals surface area contributed by atoms with Gasteiger partial charge in [0.05, 0.1) is 11.8 Å². The van der Waals surface area contributed by atoms with Gasteiger partial charge < -0.3 is 15.2 Å². The van der Waals surface area contributed by atoms with Gasteiger partial charge in [0.25, 0.3) is 0 Å². The Morgan fingerprint density at radius 1 is 0.684 bits per heavy atom. The summed E-state index contributed by atoms with van der Waals surface area (Å²) in [7, 11) is 0. The van der Waals surface area contributed by atoms with E-state index in [1.54, 1.807) is 12.1 Å². The zero-order valence-corrected chi connectivity index (χ0v) is 20.8. The molecule has 0 aliphatic heterocycles. The molecule has 0 unspecified atom stereocenters. The van der Waals surface area contributed by atoms with Gasteiger partial charge >= 0.3 is 11.9 Å². The number of carboxylic acids is 1. The van der Waals surface area contributed by atoms with Crippen LogP contribution in [0.2, 0.25) is 0 Å². The van der Waals surface area contributed by atoms with Gasteiger partial charge in [0.2, 0.25) is 5.91 Å². The zero-order valence-electron chi connectivity index (χ0n) is 20.8. The molecule has 38 heavy (non-hydrogen) atoms. The largest absolute Gasteiger partial charge is 0.480 e. The van der Waals surface area contributed by atoms with E-state index < -0.39 is 35.7 Å². The number of carbonyl (C=O) groups is 3. The van der Waals surface area contributed by atoms with Crippen LogP contribution >= 0.6 is 0 Å². The quantitative estimate of drug-likeness (QED) is 0.217. The maximum atomic E-state index is 13.5. The molecule has 0 saturated carbocycles. The summed E-state index contributed by atoms with van der Waals surface area (Å²) < 4.78 is 5.25. The standard InChI is InChI=1S/C32H29NO5/c34-29(33-28(31(36)37)21-30(35)38-23-24-13-5-1-6-14-24)22-32(25-15-7-2-8-16-25,26-17-9-3-10-18-26)27-19-11-4-12-20-27/h1-20,28H,21-23H2,(H,33,34)(H,36,37)/t28-/m1/s1. The summed E-state index contributed by atoms with van der Waals surface area (Å²) in [4.78, 5) is 38.0. The van der Waals surface area contributed by atoms with Crippen molar-refractivity contribution in [1.82, 2.24) is 5.32 Å². The summed E-state index contributed by atoms with van der Waals surface area (Å²) in [6.07, 6.45) is -0.545. The van der Waals surface area contributed by atoms with Crippen LogP contribution in [-0.2, 0) is 31.1 Å². The smallest absolute Gasteiger partial charge is 0.326 e. The number of hydrogen-bond donors (Lipinski definition) is 2. The highest BCUT2D eigenvalue weighted by molar-refractivity contribution is 5.88. The van der Waals surface area contributed by atoms with E-state index >= 15 is 0 Å². The van der Waals surface area contributed by atoms with Gasteiger partial charge in [-0.05, 0) is 22.3 Å². The third-order valence-electron chi connectivity index (χ3n) is 6.47. The fourth-order valence-electron chi connectivity index (χ4n) is 4.62. The first-order valence-electron chi connectivity index (χ1n) is 12.4. The summed E-state index contributed by atoms with van der Waals surface area (Å²) in [5.41, 5.74) is 2.57. The molecule has 1 atom stereocenters. The molecule has 0 aliphatic carbocycles. The summed E-state index contributed by atoms with van der Waals surface area (Å²) in [6.45, 7) is 0.0269. The van der Waals surface area contributed by atoms with E-state index in [-0.39, 0.29) is 13.0 Å². The lowest BCUT2D eigenvalue weighted by molar-refractivity contribution is -0.151. The molecule has 0 spiro atoms. The van der Waals surface area contributed by atoms with Crippen LogP contribution in [0.1, 0.15) is 35.1 Å². The normalized spacial score (nSPS) is 11.8. The summed E-state index contributed by atoms with van der Waals surface area (Å²) in [6, 6.07) is 36.7. The minimum Gasteiger partial charge on any atom is -0.480 e. The topological polar surface area (TPSA) is 92.7 Å². The molecule has 2 N–H and O–H groups in total. The predicted octanol–water partition coefficient (Wildman–Crippen LogP) is 5.11. The Balaban J connectivity index is 1.59. The maximum absolute atomic E-state index is 13.5. The molecule has 6 nitrogen and oxygen atoms in total. The van der Waals surface area contributed by atoms with Gasteiger partial charge in [-0.25, -0.2) is 4.79 Å². The number of esters is 1. The Hall–Kier alpha value is -4.71. The van der Waals surface area contributed by atoms with Crippen molar-refractivity contribution in [3.05, 3.63) is 144 Å². The second-order valence-corrected chi connectivity index (χ2v) is 8.99. The number of nitrogens with one attached hydrogen (secondary N) is 1. The number of ether oxygens (including phenoxy) is 1. The summed E-state index contributed by atoms with van der Waals surface area (Å²) in [5.74, 6) is -2.51. The van der Waals surface area contributed by atoms with Crippen molar-refractivity contribution in [2.75, 3.05) is 0 Å². The van der Waals surface area contributed by atoms with Gasteiger partial charge in [-0.2, -0.15) is 0 Å². The molecule has 0 saturated heterocycles. The molecule has 6 heteroatoms. The van der Waals surface area contributed by atoms with Gasteiger partial charge in [0.1, 0.15) is 12.6 Å². The third kappa shape index (κ3) is 6.34. The van der Waals surface area contributed by atoms with E-state index in [4.69, 9.17) is 4.74 Å². The summed E-state index contributed by atoms with van der Waals surface area (Å²) >= 11 is 0. The molecule has 0 fully saturated rings. The van der Waals surface area contributed by atoms with Crippen LogP contribution in [0.5, 0.6) is 0 Å². The van der Waals surface area contributed by atoms with Crippen molar-refractivity contribution in [3.8, 4) is 0 Å². The van der Waals surface area contributed by atoms with Crippen LogP contribution in [0.15, 0.2) is 121 Å². The monoisotopic (exact) mass is 507 g/mol. The van der Waals surface area contributed by atoms with Crippen molar-refractivity contribution in [2.45, 2.75) is 30.9 Å². The Morgan fingerprint density at radius 2 is 1.11 bits per heavy atom. The lowest BCUT2D eigenvalue weighted by Gasteiger charge is -2.36. The molecule has 0 radical (unpaired) electrons. The third-order valence-corrected chi connectivity index (χ3v) is 6.47. The first-order chi connectivity index (χ1) is 18.5. The molecular weight excluding hydrogens is 478 g/mol. The average molecular weight is 508 g/mol. The number of rotatable bonds is 11. The van der Waals surface area contributed by atoms with Gasteiger partial charge in [0.15, 0.2) is 0 Å². The Labute approximate surface area is 221 Å². The van der Waals surface area contributed by atoms with Crippen molar-refractivity contribution in [2.24, 2.45) is 0 Å². The molecule has 192 valence electrons. The molecule has 0 bridgehead atoms. The van der Waals surface area contributed by atoms with Crippen LogP contribution < -0.4 is 5.32 Å². The number of carbonyl (C=O) groups excluding carboxylic acids is 2. The van der Waals surface area contributed by atoms with Crippen LogP contribution in [0.25, 0.3) is 0 Å². The Morgan fingerprint density at radius 3 is 1.53 bits per heavy atom. The van der Waals surface area contributed by atoms with E-state index in [2.05, 4.69) is 5.32 Å². The molecule has 4 aromatic carbocycles.